The quantitative estimate of drug-likeness (QED) is 0.373. The minimum absolute atomic E-state index is 0.135. The second kappa shape index (κ2) is 6.50. The normalized spacial score (nSPS) is 56.2. The van der Waals surface area contributed by atoms with Gasteiger partial charge in [-0.25, -0.2) is 4.39 Å². The summed E-state index contributed by atoms with van der Waals surface area (Å²) in [5, 5.41) is 10.3. The van der Waals surface area contributed by atoms with E-state index in [1.807, 2.05) is 0 Å². The van der Waals surface area contributed by atoms with E-state index in [-0.39, 0.29) is 41.2 Å². The number of fused-ring (bicyclic) bond motifs is 7. The van der Waals surface area contributed by atoms with Crippen LogP contribution in [0.15, 0.2) is 0 Å². The number of alkyl halides is 2. The molecule has 0 spiro atoms. The summed E-state index contributed by atoms with van der Waals surface area (Å²) in [4.78, 5) is 24.3. The molecule has 30 heavy (non-hydrogen) atoms. The molecule has 4 saturated carbocycles. The molecular formula is C23H32BrFO5. The molecule has 4 aliphatic carbocycles. The highest BCUT2D eigenvalue weighted by atomic mass is 79.9. The number of aliphatic hydroxyl groups is 1. The Hall–Kier alpha value is -0.530. The number of esters is 1. The molecule has 1 saturated heterocycles. The predicted octanol–water partition coefficient (Wildman–Crippen LogP) is 3.74. The van der Waals surface area contributed by atoms with Crippen LogP contribution in [0.5, 0.6) is 0 Å². The van der Waals surface area contributed by atoms with Gasteiger partial charge in [-0.3, -0.25) is 9.59 Å². The van der Waals surface area contributed by atoms with E-state index < -0.39 is 28.2 Å². The fraction of sp³-hybridized carbons (Fsp3) is 0.913. The standard InChI is InChI=1S/C23H32BrFO5/c1-12(26)29-11-18(28)23-19(30-23)9-16-14-8-17(25)22(24)10-13(27)4-6-20(22,2)15(14)5-7-21(16,23)3/h13-17,19,27H,4-11H2,1-3H3/t13-,14-,15+,16+,17+,19-,20-,21+,22+,23-/m1/s1. The number of Topliss-reactive ketones (excluding diaryl/α,β-unsaturated/α-hetero) is 1. The van der Waals surface area contributed by atoms with Crippen LogP contribution in [-0.2, 0) is 19.1 Å². The molecule has 1 N–H and O–H groups in total. The van der Waals surface area contributed by atoms with Gasteiger partial charge < -0.3 is 14.6 Å². The van der Waals surface area contributed by atoms with Gasteiger partial charge in [0.25, 0.3) is 0 Å². The first kappa shape index (κ1) is 21.3. The second-order valence-electron chi connectivity index (χ2n) is 11.0. The van der Waals surface area contributed by atoms with Crippen LogP contribution in [0.2, 0.25) is 0 Å². The molecule has 1 heterocycles. The van der Waals surface area contributed by atoms with E-state index in [4.69, 9.17) is 9.47 Å². The summed E-state index contributed by atoms with van der Waals surface area (Å²) in [6.07, 6.45) is 3.45. The summed E-state index contributed by atoms with van der Waals surface area (Å²) in [7, 11) is 0. The number of aliphatic hydroxyl groups excluding tert-OH is 1. The van der Waals surface area contributed by atoms with E-state index >= 15 is 4.39 Å². The lowest BCUT2D eigenvalue weighted by molar-refractivity contribution is -0.162. The highest BCUT2D eigenvalue weighted by molar-refractivity contribution is 9.10. The number of rotatable bonds is 3. The zero-order valence-corrected chi connectivity index (χ0v) is 19.5. The maximum Gasteiger partial charge on any atom is 0.303 e. The van der Waals surface area contributed by atoms with Gasteiger partial charge in [0.15, 0.2) is 12.2 Å². The molecule has 0 aromatic rings. The van der Waals surface area contributed by atoms with Crippen LogP contribution in [0.25, 0.3) is 0 Å². The number of halogens is 2. The summed E-state index contributed by atoms with van der Waals surface area (Å²) in [6.45, 7) is 5.42. The predicted molar refractivity (Wildman–Crippen MR) is 111 cm³/mol. The Balaban J connectivity index is 1.44. The molecule has 10 atom stereocenters. The molecular weight excluding hydrogens is 455 g/mol. The van der Waals surface area contributed by atoms with Crippen molar-refractivity contribution in [2.75, 3.05) is 6.61 Å². The van der Waals surface area contributed by atoms with Gasteiger partial charge in [-0.1, -0.05) is 29.8 Å². The first-order chi connectivity index (χ1) is 14.0. The number of ether oxygens (including phenoxy) is 2. The fourth-order valence-electron chi connectivity index (χ4n) is 8.36. The van der Waals surface area contributed by atoms with Crippen molar-refractivity contribution in [1.82, 2.24) is 0 Å². The van der Waals surface area contributed by atoms with E-state index in [1.165, 1.54) is 6.92 Å². The first-order valence-corrected chi connectivity index (χ1v) is 12.1. The second-order valence-corrected chi connectivity index (χ2v) is 12.4. The number of ketones is 1. The average Bonchev–Trinajstić information content (AvgIpc) is 3.35. The van der Waals surface area contributed by atoms with Crippen LogP contribution in [0.3, 0.4) is 0 Å². The monoisotopic (exact) mass is 486 g/mol. The lowest BCUT2D eigenvalue weighted by Gasteiger charge is -2.65. The van der Waals surface area contributed by atoms with E-state index in [0.29, 0.717) is 18.8 Å². The largest absolute Gasteiger partial charge is 0.458 e. The van der Waals surface area contributed by atoms with Crippen molar-refractivity contribution in [3.05, 3.63) is 0 Å². The third kappa shape index (κ3) is 2.46. The Kier molecular flexibility index (Phi) is 4.62. The lowest BCUT2D eigenvalue weighted by atomic mass is 9.44. The van der Waals surface area contributed by atoms with Crippen molar-refractivity contribution in [1.29, 1.82) is 0 Å². The van der Waals surface area contributed by atoms with Crippen molar-refractivity contribution in [2.45, 2.75) is 94.0 Å². The van der Waals surface area contributed by atoms with Crippen molar-refractivity contribution in [3.63, 3.8) is 0 Å². The Labute approximate surface area is 185 Å². The molecule has 1 aliphatic heterocycles. The Morgan fingerprint density at radius 2 is 1.87 bits per heavy atom. The molecule has 0 bridgehead atoms. The van der Waals surface area contributed by atoms with Gasteiger partial charge >= 0.3 is 5.97 Å². The molecule has 0 unspecified atom stereocenters. The summed E-state index contributed by atoms with van der Waals surface area (Å²) >= 11 is 3.81. The minimum Gasteiger partial charge on any atom is -0.458 e. The molecule has 5 nitrogen and oxygen atoms in total. The molecule has 5 aliphatic rings. The van der Waals surface area contributed by atoms with Crippen LogP contribution in [0, 0.1) is 28.6 Å². The third-order valence-corrected chi connectivity index (χ3v) is 11.7. The van der Waals surface area contributed by atoms with Crippen LogP contribution >= 0.6 is 15.9 Å². The van der Waals surface area contributed by atoms with Gasteiger partial charge in [-0.15, -0.1) is 0 Å². The molecule has 0 amide bonds. The maximum atomic E-state index is 15.7. The number of hydrogen-bond acceptors (Lipinski definition) is 5. The number of epoxide rings is 1. The molecule has 0 radical (unpaired) electrons. The van der Waals surface area contributed by atoms with Gasteiger partial charge in [0.2, 0.25) is 5.78 Å². The van der Waals surface area contributed by atoms with Crippen LogP contribution in [0.1, 0.15) is 65.7 Å². The third-order valence-electron chi connectivity index (χ3n) is 9.96. The SMILES string of the molecule is CC(=O)OCC(=O)[C@@]12O[C@@H]1C[C@H]1[C@@H]3C[C@H](F)[C@@]4(Br)C[C@H](O)CC[C@]4(C)[C@H]3CC[C@@]12C. The molecule has 0 aromatic heterocycles. The number of carbonyl (C=O) groups excluding carboxylic acids is 2. The summed E-state index contributed by atoms with van der Waals surface area (Å²) in [5.41, 5.74) is -1.42. The van der Waals surface area contributed by atoms with Crippen LogP contribution in [0.4, 0.5) is 4.39 Å². The molecule has 0 aromatic carbocycles. The highest BCUT2D eigenvalue weighted by Crippen LogP contribution is 2.75. The van der Waals surface area contributed by atoms with Gasteiger partial charge in [0.1, 0.15) is 6.17 Å². The Bertz CT molecular complexity index is 792. The summed E-state index contributed by atoms with van der Waals surface area (Å²) in [6, 6.07) is 0. The van der Waals surface area contributed by atoms with Crippen molar-refractivity contribution in [3.8, 4) is 0 Å². The average molecular weight is 487 g/mol. The van der Waals surface area contributed by atoms with E-state index in [0.717, 1.165) is 32.1 Å². The first-order valence-electron chi connectivity index (χ1n) is 11.3. The van der Waals surface area contributed by atoms with E-state index in [9.17, 15) is 14.7 Å². The van der Waals surface area contributed by atoms with Gasteiger partial charge in [-0.2, -0.15) is 0 Å². The Morgan fingerprint density at radius 3 is 2.57 bits per heavy atom. The molecule has 7 heteroatoms. The molecule has 5 fully saturated rings. The molecule has 168 valence electrons. The number of carbonyl (C=O) groups is 2. The smallest absolute Gasteiger partial charge is 0.303 e. The lowest BCUT2D eigenvalue weighted by Crippen LogP contribution is -2.65. The minimum atomic E-state index is -1.02. The van der Waals surface area contributed by atoms with Crippen molar-refractivity contribution < 1.29 is 28.6 Å². The van der Waals surface area contributed by atoms with E-state index in [2.05, 4.69) is 29.8 Å². The summed E-state index contributed by atoms with van der Waals surface area (Å²) < 4.78 is 26.1. The maximum absolute atomic E-state index is 15.7. The van der Waals surface area contributed by atoms with Crippen LogP contribution in [-0.4, -0.2) is 51.8 Å². The van der Waals surface area contributed by atoms with Gasteiger partial charge in [-0.05, 0) is 68.1 Å². The van der Waals surface area contributed by atoms with Crippen molar-refractivity contribution >= 4 is 27.7 Å². The van der Waals surface area contributed by atoms with E-state index in [1.54, 1.807) is 0 Å². The zero-order valence-electron chi connectivity index (χ0n) is 18.0. The zero-order chi connectivity index (χ0) is 21.7. The number of hydrogen-bond donors (Lipinski definition) is 1. The molecule has 5 rings (SSSR count). The topological polar surface area (TPSA) is 76.1 Å². The van der Waals surface area contributed by atoms with Crippen LogP contribution < -0.4 is 0 Å². The van der Waals surface area contributed by atoms with Gasteiger partial charge in [0, 0.05) is 12.3 Å². The fourth-order valence-corrected chi connectivity index (χ4v) is 9.41. The summed E-state index contributed by atoms with van der Waals surface area (Å²) in [5.74, 6) is 0.205. The highest BCUT2D eigenvalue weighted by Gasteiger charge is 2.81. The van der Waals surface area contributed by atoms with Gasteiger partial charge in [0.05, 0.1) is 16.5 Å². The van der Waals surface area contributed by atoms with Crippen molar-refractivity contribution in [2.24, 2.45) is 28.6 Å². The Morgan fingerprint density at radius 1 is 1.17 bits per heavy atom.